The number of carbonyl (C=O) groups excluding carboxylic acids is 1. The van der Waals surface area contributed by atoms with Crippen molar-refractivity contribution in [2.24, 2.45) is 5.92 Å². The molecule has 2 rings (SSSR count). The Balaban J connectivity index is 2.33. The van der Waals surface area contributed by atoms with Gasteiger partial charge in [-0.25, -0.2) is 8.42 Å². The van der Waals surface area contributed by atoms with Crippen LogP contribution in [0.15, 0.2) is 77.7 Å². The van der Waals surface area contributed by atoms with Crippen LogP contribution in [-0.4, -0.2) is 33.3 Å². The molecule has 6 heteroatoms. The lowest BCUT2D eigenvalue weighted by Gasteiger charge is -2.29. The Hall–Kier alpha value is -2.44. The van der Waals surface area contributed by atoms with Gasteiger partial charge in [0.1, 0.15) is 0 Å². The van der Waals surface area contributed by atoms with Gasteiger partial charge in [-0.15, -0.1) is 0 Å². The third-order valence-electron chi connectivity index (χ3n) is 5.49. The first-order valence-corrected chi connectivity index (χ1v) is 12.2. The van der Waals surface area contributed by atoms with Crippen LogP contribution in [0.1, 0.15) is 44.7 Å². The number of methoxy groups -OCH3 is 1. The highest BCUT2D eigenvalue weighted by molar-refractivity contribution is 7.92. The molecule has 0 saturated carbocycles. The van der Waals surface area contributed by atoms with Crippen molar-refractivity contribution in [3.05, 3.63) is 78.4 Å². The van der Waals surface area contributed by atoms with E-state index in [-0.39, 0.29) is 17.4 Å². The number of rotatable bonds is 12. The minimum Gasteiger partial charge on any atom is -0.469 e. The van der Waals surface area contributed by atoms with Gasteiger partial charge in [0, 0.05) is 19.0 Å². The number of benzene rings is 2. The molecule has 0 aliphatic heterocycles. The normalized spacial score (nSPS) is 14.4. The summed E-state index contributed by atoms with van der Waals surface area (Å²) in [5.41, 5.74) is 1.66. The Morgan fingerprint density at radius 2 is 1.65 bits per heavy atom. The lowest BCUT2D eigenvalue weighted by molar-refractivity contribution is -0.141. The Morgan fingerprint density at radius 1 is 1.06 bits per heavy atom. The van der Waals surface area contributed by atoms with E-state index >= 15 is 0 Å². The number of hydrogen-bond acceptors (Lipinski definition) is 5. The second kappa shape index (κ2) is 11.8. The summed E-state index contributed by atoms with van der Waals surface area (Å²) in [5.74, 6) is -0.825. The number of hydrogen-bond donors (Lipinski definition) is 1. The molecular weight excluding hydrogens is 410 g/mol. The van der Waals surface area contributed by atoms with Gasteiger partial charge in [0.25, 0.3) is 0 Å². The van der Waals surface area contributed by atoms with E-state index < -0.39 is 27.0 Å². The van der Waals surface area contributed by atoms with E-state index in [4.69, 9.17) is 4.74 Å². The number of nitrogens with one attached hydrogen (secondary N) is 1. The maximum absolute atomic E-state index is 13.6. The number of ether oxygens (including phenoxy) is 1. The van der Waals surface area contributed by atoms with Crippen molar-refractivity contribution in [1.82, 2.24) is 5.32 Å². The van der Waals surface area contributed by atoms with Gasteiger partial charge in [-0.1, -0.05) is 68.5 Å². The predicted octanol–water partition coefficient (Wildman–Crippen LogP) is 4.72. The average Bonchev–Trinajstić information content (AvgIpc) is 2.78. The minimum absolute atomic E-state index is 0.0308. The minimum atomic E-state index is -3.74. The van der Waals surface area contributed by atoms with Crippen molar-refractivity contribution in [3.8, 4) is 0 Å². The Bertz CT molecular complexity index is 942. The Labute approximate surface area is 186 Å². The van der Waals surface area contributed by atoms with Crippen LogP contribution in [0.25, 0.3) is 0 Å². The van der Waals surface area contributed by atoms with Crippen molar-refractivity contribution in [1.29, 1.82) is 0 Å². The molecule has 0 amide bonds. The fourth-order valence-electron chi connectivity index (χ4n) is 3.84. The van der Waals surface area contributed by atoms with Gasteiger partial charge in [0.15, 0.2) is 9.84 Å². The zero-order chi connectivity index (χ0) is 22.9. The SMILES string of the molecule is C=C(CN[C@@H](C)c1ccccc1)[C@H]([C@@H](CCC)CC(=O)OC)S(=O)(=O)c1ccccc1. The van der Waals surface area contributed by atoms with Crippen LogP contribution >= 0.6 is 0 Å². The van der Waals surface area contributed by atoms with Crippen LogP contribution in [0.5, 0.6) is 0 Å². The van der Waals surface area contributed by atoms with Crippen molar-refractivity contribution in [2.45, 2.75) is 49.3 Å². The zero-order valence-electron chi connectivity index (χ0n) is 18.6. The van der Waals surface area contributed by atoms with E-state index in [1.165, 1.54) is 7.11 Å². The molecular formula is C25H33NO4S. The fraction of sp³-hybridized carbons (Fsp3) is 0.400. The van der Waals surface area contributed by atoms with E-state index in [1.54, 1.807) is 30.3 Å². The molecule has 1 N–H and O–H groups in total. The first kappa shape index (κ1) is 24.8. The molecule has 0 heterocycles. The maximum atomic E-state index is 13.6. The van der Waals surface area contributed by atoms with E-state index in [1.807, 2.05) is 44.2 Å². The third kappa shape index (κ3) is 6.77. The molecule has 168 valence electrons. The van der Waals surface area contributed by atoms with Gasteiger partial charge in [-0.2, -0.15) is 0 Å². The smallest absolute Gasteiger partial charge is 0.305 e. The highest BCUT2D eigenvalue weighted by atomic mass is 32.2. The summed E-state index contributed by atoms with van der Waals surface area (Å²) < 4.78 is 32.1. The molecule has 0 radical (unpaired) electrons. The van der Waals surface area contributed by atoms with Gasteiger partial charge in [-0.3, -0.25) is 4.79 Å². The summed E-state index contributed by atoms with van der Waals surface area (Å²) in [6.07, 6.45) is 1.37. The molecule has 0 spiro atoms. The van der Waals surface area contributed by atoms with Crippen LogP contribution < -0.4 is 5.32 Å². The third-order valence-corrected chi connectivity index (χ3v) is 7.80. The van der Waals surface area contributed by atoms with E-state index in [0.29, 0.717) is 18.5 Å². The highest BCUT2D eigenvalue weighted by Gasteiger charge is 2.37. The summed E-state index contributed by atoms with van der Waals surface area (Å²) in [6.45, 7) is 8.49. The predicted molar refractivity (Wildman–Crippen MR) is 124 cm³/mol. The summed E-state index contributed by atoms with van der Waals surface area (Å²) in [5, 5.41) is 2.50. The van der Waals surface area contributed by atoms with Crippen molar-refractivity contribution in [3.63, 3.8) is 0 Å². The standard InChI is InChI=1S/C25H33NO4S/c1-5-12-22(17-24(27)30-4)25(31(28,29)23-15-10-7-11-16-23)19(2)18-26-20(3)21-13-8-6-9-14-21/h6-11,13-16,20,22,25-26H,2,5,12,17-18H2,1,3-4H3/t20-,22-,25+/m0/s1. The molecule has 0 unspecified atom stereocenters. The molecule has 0 aliphatic carbocycles. The summed E-state index contributed by atoms with van der Waals surface area (Å²) in [4.78, 5) is 12.3. The zero-order valence-corrected chi connectivity index (χ0v) is 19.4. The fourth-order valence-corrected chi connectivity index (χ4v) is 5.93. The quantitative estimate of drug-likeness (QED) is 0.380. The van der Waals surface area contributed by atoms with Crippen LogP contribution in [-0.2, 0) is 19.4 Å². The van der Waals surface area contributed by atoms with Crippen molar-refractivity contribution in [2.75, 3.05) is 13.7 Å². The second-order valence-electron chi connectivity index (χ2n) is 7.78. The van der Waals surface area contributed by atoms with Gasteiger partial charge < -0.3 is 10.1 Å². The second-order valence-corrected chi connectivity index (χ2v) is 9.85. The van der Waals surface area contributed by atoms with E-state index in [0.717, 1.165) is 12.0 Å². The molecule has 0 saturated heterocycles. The monoisotopic (exact) mass is 443 g/mol. The summed E-state index contributed by atoms with van der Waals surface area (Å²) in [7, 11) is -2.41. The van der Waals surface area contributed by atoms with Gasteiger partial charge in [0.05, 0.1) is 17.3 Å². The van der Waals surface area contributed by atoms with Crippen LogP contribution in [0, 0.1) is 5.92 Å². The molecule has 3 atom stereocenters. The topological polar surface area (TPSA) is 72.5 Å². The van der Waals surface area contributed by atoms with E-state index in [2.05, 4.69) is 11.9 Å². The van der Waals surface area contributed by atoms with Gasteiger partial charge in [0.2, 0.25) is 0 Å². The van der Waals surface area contributed by atoms with Crippen LogP contribution in [0.4, 0.5) is 0 Å². The Morgan fingerprint density at radius 3 is 2.19 bits per heavy atom. The molecule has 0 aliphatic rings. The number of esters is 1. The molecule has 2 aromatic rings. The van der Waals surface area contributed by atoms with Gasteiger partial charge in [-0.05, 0) is 42.5 Å². The molecule has 2 aromatic carbocycles. The first-order valence-electron chi connectivity index (χ1n) is 10.6. The summed E-state index contributed by atoms with van der Waals surface area (Å²) >= 11 is 0. The Kier molecular flexibility index (Phi) is 9.46. The van der Waals surface area contributed by atoms with Gasteiger partial charge >= 0.3 is 5.97 Å². The lowest BCUT2D eigenvalue weighted by Crippen LogP contribution is -2.37. The lowest BCUT2D eigenvalue weighted by atomic mass is 9.91. The van der Waals surface area contributed by atoms with Crippen molar-refractivity contribution >= 4 is 15.8 Å². The highest BCUT2D eigenvalue weighted by Crippen LogP contribution is 2.32. The van der Waals surface area contributed by atoms with Crippen molar-refractivity contribution < 1.29 is 17.9 Å². The number of sulfone groups is 1. The average molecular weight is 444 g/mol. The largest absolute Gasteiger partial charge is 0.469 e. The van der Waals surface area contributed by atoms with Crippen LogP contribution in [0.2, 0.25) is 0 Å². The molecule has 31 heavy (non-hydrogen) atoms. The first-order chi connectivity index (χ1) is 14.8. The van der Waals surface area contributed by atoms with Crippen LogP contribution in [0.3, 0.4) is 0 Å². The molecule has 0 fully saturated rings. The molecule has 5 nitrogen and oxygen atoms in total. The number of carbonyl (C=O) groups is 1. The maximum Gasteiger partial charge on any atom is 0.305 e. The molecule has 0 bridgehead atoms. The van der Waals surface area contributed by atoms with E-state index in [9.17, 15) is 13.2 Å². The summed E-state index contributed by atoms with van der Waals surface area (Å²) in [6, 6.07) is 18.4. The molecule has 0 aromatic heterocycles.